The number of rotatable bonds is 4. The van der Waals surface area contributed by atoms with Crippen molar-refractivity contribution in [3.63, 3.8) is 0 Å². The predicted molar refractivity (Wildman–Crippen MR) is 63.3 cm³/mol. The highest BCUT2D eigenvalue weighted by molar-refractivity contribution is 5.39. The molecule has 0 unspecified atom stereocenters. The Bertz CT molecular complexity index is 438. The van der Waals surface area contributed by atoms with Gasteiger partial charge in [-0.15, -0.1) is 0 Å². The maximum atomic E-state index is 10.9. The Hall–Kier alpha value is -1.47. The second-order valence-electron chi connectivity index (χ2n) is 4.31. The van der Waals surface area contributed by atoms with Crippen LogP contribution >= 0.6 is 0 Å². The summed E-state index contributed by atoms with van der Waals surface area (Å²) < 4.78 is 12.5. The number of ether oxygens (including phenoxy) is 2. The molecular weight excluding hydrogens is 238 g/mol. The van der Waals surface area contributed by atoms with Crippen molar-refractivity contribution in [3.05, 3.63) is 21.5 Å². The molecule has 18 heavy (non-hydrogen) atoms. The minimum atomic E-state index is -0.387. The summed E-state index contributed by atoms with van der Waals surface area (Å²) in [6.07, 6.45) is 1.35. The topological polar surface area (TPSA) is 79.4 Å². The molecule has 0 spiro atoms. The first-order valence-electron chi connectivity index (χ1n) is 6.01. The van der Waals surface area contributed by atoms with Crippen molar-refractivity contribution in [3.8, 4) is 0 Å². The molecule has 0 N–H and O–H groups in total. The lowest BCUT2D eigenvalue weighted by atomic mass is 10.3. The predicted octanol–water partition coefficient (Wildman–Crippen LogP) is 1.56. The SMILES string of the molecule is Cc1nn(CCC2OCCCO2)c(C)c1[N+](=O)[O-]. The molecule has 100 valence electrons. The number of nitro groups is 1. The third-order valence-electron chi connectivity index (χ3n) is 3.00. The average molecular weight is 255 g/mol. The molecule has 1 fully saturated rings. The first kappa shape index (κ1) is 13.0. The first-order chi connectivity index (χ1) is 8.59. The van der Waals surface area contributed by atoms with E-state index in [0.717, 1.165) is 6.42 Å². The highest BCUT2D eigenvalue weighted by Gasteiger charge is 2.22. The van der Waals surface area contributed by atoms with Crippen LogP contribution in [0.4, 0.5) is 5.69 Å². The molecule has 2 rings (SSSR count). The van der Waals surface area contributed by atoms with Crippen molar-refractivity contribution in [1.82, 2.24) is 9.78 Å². The molecule has 0 bridgehead atoms. The average Bonchev–Trinajstić information content (AvgIpc) is 2.63. The van der Waals surface area contributed by atoms with Crippen molar-refractivity contribution in [2.75, 3.05) is 13.2 Å². The Kier molecular flexibility index (Phi) is 3.93. The van der Waals surface area contributed by atoms with Gasteiger partial charge in [0.25, 0.3) is 0 Å². The molecule has 0 atom stereocenters. The van der Waals surface area contributed by atoms with Crippen LogP contribution < -0.4 is 0 Å². The van der Waals surface area contributed by atoms with Gasteiger partial charge in [0, 0.05) is 13.0 Å². The van der Waals surface area contributed by atoms with Gasteiger partial charge in [-0.2, -0.15) is 5.10 Å². The minimum absolute atomic E-state index is 0.0977. The van der Waals surface area contributed by atoms with Crippen LogP contribution in [0, 0.1) is 24.0 Å². The standard InChI is InChI=1S/C11H17N3O4/c1-8-11(14(15)16)9(2)13(12-8)5-4-10-17-6-3-7-18-10/h10H,3-7H2,1-2H3. The number of hydrogen-bond acceptors (Lipinski definition) is 5. The summed E-state index contributed by atoms with van der Waals surface area (Å²) in [6.45, 7) is 5.34. The largest absolute Gasteiger partial charge is 0.353 e. The van der Waals surface area contributed by atoms with Gasteiger partial charge in [-0.25, -0.2) is 0 Å². The summed E-state index contributed by atoms with van der Waals surface area (Å²) in [4.78, 5) is 10.5. The Morgan fingerprint density at radius 3 is 2.67 bits per heavy atom. The molecule has 7 heteroatoms. The molecule has 1 aliphatic heterocycles. The maximum absolute atomic E-state index is 10.9. The van der Waals surface area contributed by atoms with Gasteiger partial charge >= 0.3 is 5.69 Å². The van der Waals surface area contributed by atoms with Crippen LogP contribution in [-0.2, 0) is 16.0 Å². The molecule has 1 saturated heterocycles. The minimum Gasteiger partial charge on any atom is -0.353 e. The molecule has 0 aromatic carbocycles. The van der Waals surface area contributed by atoms with E-state index in [1.54, 1.807) is 18.5 Å². The van der Waals surface area contributed by atoms with E-state index < -0.39 is 0 Å². The van der Waals surface area contributed by atoms with Crippen LogP contribution in [0.15, 0.2) is 0 Å². The lowest BCUT2D eigenvalue weighted by Crippen LogP contribution is -2.26. The number of aromatic nitrogens is 2. The number of nitrogens with zero attached hydrogens (tertiary/aromatic N) is 3. The van der Waals surface area contributed by atoms with Gasteiger partial charge in [-0.05, 0) is 20.3 Å². The zero-order chi connectivity index (χ0) is 13.1. The van der Waals surface area contributed by atoms with Crippen LogP contribution in [0.5, 0.6) is 0 Å². The van der Waals surface area contributed by atoms with E-state index >= 15 is 0 Å². The molecular formula is C11H17N3O4. The zero-order valence-corrected chi connectivity index (χ0v) is 10.6. The third-order valence-corrected chi connectivity index (χ3v) is 3.00. The highest BCUT2D eigenvalue weighted by Crippen LogP contribution is 2.22. The van der Waals surface area contributed by atoms with E-state index in [4.69, 9.17) is 9.47 Å². The van der Waals surface area contributed by atoms with E-state index in [2.05, 4.69) is 5.10 Å². The molecule has 1 aromatic heterocycles. The Morgan fingerprint density at radius 1 is 1.44 bits per heavy atom. The summed E-state index contributed by atoms with van der Waals surface area (Å²) >= 11 is 0. The molecule has 0 radical (unpaired) electrons. The zero-order valence-electron chi connectivity index (χ0n) is 10.6. The van der Waals surface area contributed by atoms with Crippen LogP contribution in [0.3, 0.4) is 0 Å². The molecule has 1 aliphatic rings. The fourth-order valence-corrected chi connectivity index (χ4v) is 2.10. The van der Waals surface area contributed by atoms with E-state index in [9.17, 15) is 10.1 Å². The molecule has 2 heterocycles. The summed E-state index contributed by atoms with van der Waals surface area (Å²) in [6, 6.07) is 0. The smallest absolute Gasteiger partial charge is 0.312 e. The van der Waals surface area contributed by atoms with Crippen LogP contribution in [0.2, 0.25) is 0 Å². The molecule has 0 saturated carbocycles. The quantitative estimate of drug-likeness (QED) is 0.602. The van der Waals surface area contributed by atoms with E-state index in [1.165, 1.54) is 0 Å². The van der Waals surface area contributed by atoms with Crippen LogP contribution in [0.25, 0.3) is 0 Å². The number of aryl methyl sites for hydroxylation is 2. The summed E-state index contributed by atoms with van der Waals surface area (Å²) in [5, 5.41) is 15.0. The monoisotopic (exact) mass is 255 g/mol. The summed E-state index contributed by atoms with van der Waals surface area (Å²) in [5.74, 6) is 0. The highest BCUT2D eigenvalue weighted by atomic mass is 16.7. The Labute approximate surface area is 105 Å². The lowest BCUT2D eigenvalue weighted by Gasteiger charge is -2.23. The second-order valence-corrected chi connectivity index (χ2v) is 4.31. The third kappa shape index (κ3) is 2.68. The fraction of sp³-hybridized carbons (Fsp3) is 0.727. The maximum Gasteiger partial charge on any atom is 0.312 e. The molecule has 0 amide bonds. The van der Waals surface area contributed by atoms with Gasteiger partial charge in [0.05, 0.1) is 18.1 Å². The van der Waals surface area contributed by atoms with E-state index in [1.807, 2.05) is 0 Å². The van der Waals surface area contributed by atoms with Crippen molar-refractivity contribution in [2.45, 2.75) is 39.5 Å². The second kappa shape index (κ2) is 5.45. The van der Waals surface area contributed by atoms with Crippen LogP contribution in [-0.4, -0.2) is 34.2 Å². The van der Waals surface area contributed by atoms with Crippen LogP contribution in [0.1, 0.15) is 24.2 Å². The molecule has 0 aliphatic carbocycles. The van der Waals surface area contributed by atoms with E-state index in [-0.39, 0.29) is 16.9 Å². The molecule has 1 aromatic rings. The van der Waals surface area contributed by atoms with Gasteiger partial charge in [0.1, 0.15) is 11.4 Å². The molecule has 7 nitrogen and oxygen atoms in total. The summed E-state index contributed by atoms with van der Waals surface area (Å²) in [5.41, 5.74) is 1.12. The Balaban J connectivity index is 2.01. The van der Waals surface area contributed by atoms with Crippen molar-refractivity contribution in [2.24, 2.45) is 0 Å². The Morgan fingerprint density at radius 2 is 2.11 bits per heavy atom. The van der Waals surface area contributed by atoms with Gasteiger partial charge < -0.3 is 9.47 Å². The normalized spacial score (nSPS) is 17.0. The fourth-order valence-electron chi connectivity index (χ4n) is 2.10. The number of hydrogen-bond donors (Lipinski definition) is 0. The van der Waals surface area contributed by atoms with Crippen molar-refractivity contribution in [1.29, 1.82) is 0 Å². The van der Waals surface area contributed by atoms with E-state index in [0.29, 0.717) is 37.6 Å². The van der Waals surface area contributed by atoms with Gasteiger partial charge in [-0.1, -0.05) is 0 Å². The summed E-state index contributed by atoms with van der Waals surface area (Å²) in [7, 11) is 0. The lowest BCUT2D eigenvalue weighted by molar-refractivity contribution is -0.386. The van der Waals surface area contributed by atoms with Gasteiger partial charge in [0.2, 0.25) is 0 Å². The first-order valence-corrected chi connectivity index (χ1v) is 6.01. The van der Waals surface area contributed by atoms with Crippen molar-refractivity contribution >= 4 is 5.69 Å². The van der Waals surface area contributed by atoms with Gasteiger partial charge in [0.15, 0.2) is 6.29 Å². The van der Waals surface area contributed by atoms with Gasteiger partial charge in [-0.3, -0.25) is 14.8 Å². The van der Waals surface area contributed by atoms with Crippen molar-refractivity contribution < 1.29 is 14.4 Å².